The van der Waals surface area contributed by atoms with Gasteiger partial charge in [0, 0.05) is 23.7 Å². The molecule has 32 heavy (non-hydrogen) atoms. The number of likely N-dealkylation sites (tertiary alicyclic amines) is 1. The molecule has 3 aromatic rings. The van der Waals surface area contributed by atoms with E-state index in [9.17, 15) is 13.2 Å². The Hall–Kier alpha value is -3.04. The molecule has 168 valence electrons. The van der Waals surface area contributed by atoms with Crippen LogP contribution in [-0.2, 0) is 12.7 Å². The Labute approximate surface area is 183 Å². The fourth-order valence-corrected chi connectivity index (χ4v) is 3.91. The molecule has 1 fully saturated rings. The number of piperidine rings is 1. The number of halogens is 4. The summed E-state index contributed by atoms with van der Waals surface area (Å²) in [7, 11) is 0. The maximum atomic E-state index is 15.1. The van der Waals surface area contributed by atoms with Gasteiger partial charge in [-0.15, -0.1) is 0 Å². The van der Waals surface area contributed by atoms with Crippen LogP contribution < -0.4 is 11.5 Å². The molecule has 0 amide bonds. The standard InChI is InChI=1S/C23H23F4N5/c24-22-18(13-32-9-7-16(28)8-10-32)17(5-6-19(22)23(25,26)27)14-1-3-15(4-2-14)20-11-31-21(29)12-30-20/h1-6,11-12,16H,7-10,13,28H2,(H2,29,31). The average molecular weight is 445 g/mol. The van der Waals surface area contributed by atoms with Crippen molar-refractivity contribution in [2.45, 2.75) is 31.6 Å². The molecule has 4 N–H and O–H groups in total. The zero-order chi connectivity index (χ0) is 22.9. The highest BCUT2D eigenvalue weighted by molar-refractivity contribution is 5.72. The van der Waals surface area contributed by atoms with Crippen molar-refractivity contribution >= 4 is 5.82 Å². The van der Waals surface area contributed by atoms with Gasteiger partial charge in [-0.05, 0) is 43.1 Å². The largest absolute Gasteiger partial charge is 0.419 e. The summed E-state index contributed by atoms with van der Waals surface area (Å²) in [5.74, 6) is -0.924. The van der Waals surface area contributed by atoms with Crippen molar-refractivity contribution < 1.29 is 17.6 Å². The van der Waals surface area contributed by atoms with E-state index in [4.69, 9.17) is 11.5 Å². The van der Waals surface area contributed by atoms with E-state index in [2.05, 4.69) is 9.97 Å². The van der Waals surface area contributed by atoms with Gasteiger partial charge < -0.3 is 11.5 Å². The van der Waals surface area contributed by atoms with Gasteiger partial charge in [0.2, 0.25) is 0 Å². The minimum atomic E-state index is -4.76. The lowest BCUT2D eigenvalue weighted by Crippen LogP contribution is -2.39. The first-order valence-electron chi connectivity index (χ1n) is 10.3. The number of anilines is 1. The zero-order valence-electron chi connectivity index (χ0n) is 17.2. The van der Waals surface area contributed by atoms with Gasteiger partial charge in [0.1, 0.15) is 11.6 Å². The Morgan fingerprint density at radius 3 is 2.19 bits per heavy atom. The predicted molar refractivity (Wildman–Crippen MR) is 115 cm³/mol. The zero-order valence-corrected chi connectivity index (χ0v) is 17.2. The van der Waals surface area contributed by atoms with E-state index >= 15 is 4.39 Å². The first-order chi connectivity index (χ1) is 15.2. The monoisotopic (exact) mass is 445 g/mol. The lowest BCUT2D eigenvalue weighted by Gasteiger charge is -2.31. The normalized spacial score (nSPS) is 15.8. The number of alkyl halides is 3. The van der Waals surface area contributed by atoms with Crippen LogP contribution >= 0.6 is 0 Å². The lowest BCUT2D eigenvalue weighted by atomic mass is 9.94. The SMILES string of the molecule is Nc1cnc(-c2ccc(-c3ccc(C(F)(F)F)c(F)c3CN3CCC(N)CC3)cc2)cn1. The molecule has 0 atom stereocenters. The van der Waals surface area contributed by atoms with Crippen molar-refractivity contribution in [3.63, 3.8) is 0 Å². The highest BCUT2D eigenvalue weighted by Gasteiger charge is 2.36. The van der Waals surface area contributed by atoms with Crippen molar-refractivity contribution in [2.75, 3.05) is 18.8 Å². The molecule has 5 nitrogen and oxygen atoms in total. The quantitative estimate of drug-likeness (QED) is 0.579. The molecule has 9 heteroatoms. The third-order valence-electron chi connectivity index (χ3n) is 5.73. The second-order valence-corrected chi connectivity index (χ2v) is 7.97. The van der Waals surface area contributed by atoms with Crippen LogP contribution in [0.2, 0.25) is 0 Å². The number of benzene rings is 2. The van der Waals surface area contributed by atoms with Crippen LogP contribution in [0.3, 0.4) is 0 Å². The molecule has 0 bridgehead atoms. The summed E-state index contributed by atoms with van der Waals surface area (Å²) < 4.78 is 55.2. The van der Waals surface area contributed by atoms with Crippen molar-refractivity contribution in [1.82, 2.24) is 14.9 Å². The Kier molecular flexibility index (Phi) is 6.12. The summed E-state index contributed by atoms with van der Waals surface area (Å²) in [6.45, 7) is 1.32. The highest BCUT2D eigenvalue weighted by atomic mass is 19.4. The Morgan fingerprint density at radius 2 is 1.59 bits per heavy atom. The molecule has 0 aliphatic carbocycles. The summed E-state index contributed by atoms with van der Waals surface area (Å²) in [6, 6.07) is 9.25. The molecule has 2 heterocycles. The maximum Gasteiger partial charge on any atom is 0.419 e. The Morgan fingerprint density at radius 1 is 0.938 bits per heavy atom. The molecule has 1 saturated heterocycles. The molecule has 1 aromatic heterocycles. The molecule has 1 aliphatic rings. The van der Waals surface area contributed by atoms with Crippen LogP contribution in [0, 0.1) is 5.82 Å². The van der Waals surface area contributed by atoms with Gasteiger partial charge in [0.25, 0.3) is 0 Å². The third-order valence-corrected chi connectivity index (χ3v) is 5.73. The van der Waals surface area contributed by atoms with Gasteiger partial charge in [-0.3, -0.25) is 9.88 Å². The van der Waals surface area contributed by atoms with Crippen LogP contribution in [0.5, 0.6) is 0 Å². The molecule has 0 radical (unpaired) electrons. The Balaban J connectivity index is 1.70. The maximum absolute atomic E-state index is 15.1. The van der Waals surface area contributed by atoms with Crippen LogP contribution in [0.1, 0.15) is 24.0 Å². The fourth-order valence-electron chi connectivity index (χ4n) is 3.91. The first-order valence-corrected chi connectivity index (χ1v) is 10.3. The summed E-state index contributed by atoms with van der Waals surface area (Å²) in [5.41, 5.74) is 12.7. The molecule has 1 aliphatic heterocycles. The van der Waals surface area contributed by atoms with Gasteiger partial charge in [-0.25, -0.2) is 9.37 Å². The van der Waals surface area contributed by atoms with Crippen molar-refractivity contribution in [3.05, 3.63) is 65.7 Å². The number of nitrogens with zero attached hydrogens (tertiary/aromatic N) is 3. The second kappa shape index (κ2) is 8.84. The minimum absolute atomic E-state index is 0.0373. The van der Waals surface area contributed by atoms with Crippen LogP contribution in [0.4, 0.5) is 23.4 Å². The summed E-state index contributed by atoms with van der Waals surface area (Å²) in [6.07, 6.45) is -0.328. The van der Waals surface area contributed by atoms with E-state index in [1.165, 1.54) is 18.5 Å². The summed E-state index contributed by atoms with van der Waals surface area (Å²) >= 11 is 0. The molecule has 0 spiro atoms. The number of aromatic nitrogens is 2. The third kappa shape index (κ3) is 4.73. The topological polar surface area (TPSA) is 81.1 Å². The van der Waals surface area contributed by atoms with Gasteiger partial charge >= 0.3 is 6.18 Å². The van der Waals surface area contributed by atoms with Gasteiger partial charge in [0.15, 0.2) is 0 Å². The number of nitrogens with two attached hydrogens (primary N) is 2. The van der Waals surface area contributed by atoms with Crippen molar-refractivity contribution in [1.29, 1.82) is 0 Å². The molecule has 4 rings (SSSR count). The Bertz CT molecular complexity index is 1070. The number of hydrogen-bond acceptors (Lipinski definition) is 5. The average Bonchev–Trinajstić information content (AvgIpc) is 2.76. The van der Waals surface area contributed by atoms with E-state index in [0.717, 1.165) is 24.5 Å². The summed E-state index contributed by atoms with van der Waals surface area (Å²) in [5, 5.41) is 0. The van der Waals surface area contributed by atoms with Crippen molar-refractivity contribution in [3.8, 4) is 22.4 Å². The molecule has 0 saturated carbocycles. The van der Waals surface area contributed by atoms with Gasteiger partial charge in [-0.2, -0.15) is 13.2 Å². The highest BCUT2D eigenvalue weighted by Crippen LogP contribution is 2.37. The van der Waals surface area contributed by atoms with E-state index in [-0.39, 0.29) is 18.2 Å². The minimum Gasteiger partial charge on any atom is -0.382 e. The summed E-state index contributed by atoms with van der Waals surface area (Å²) in [4.78, 5) is 10.2. The second-order valence-electron chi connectivity index (χ2n) is 7.97. The predicted octanol–water partition coefficient (Wildman–Crippen LogP) is 4.47. The fraction of sp³-hybridized carbons (Fsp3) is 0.304. The number of rotatable bonds is 4. The van der Waals surface area contributed by atoms with Crippen LogP contribution in [0.25, 0.3) is 22.4 Å². The number of nitrogen functional groups attached to an aromatic ring is 1. The van der Waals surface area contributed by atoms with E-state index in [1.807, 2.05) is 4.90 Å². The van der Waals surface area contributed by atoms with E-state index < -0.39 is 17.6 Å². The molecule has 2 aromatic carbocycles. The lowest BCUT2D eigenvalue weighted by molar-refractivity contribution is -0.140. The smallest absolute Gasteiger partial charge is 0.382 e. The van der Waals surface area contributed by atoms with Gasteiger partial charge in [-0.1, -0.05) is 30.3 Å². The first kappa shape index (κ1) is 22.2. The van der Waals surface area contributed by atoms with Crippen LogP contribution in [-0.4, -0.2) is 34.0 Å². The van der Waals surface area contributed by atoms with E-state index in [1.54, 1.807) is 24.3 Å². The molecular weight excluding hydrogens is 422 g/mol. The number of hydrogen-bond donors (Lipinski definition) is 2. The molecule has 0 unspecified atom stereocenters. The van der Waals surface area contributed by atoms with E-state index in [0.29, 0.717) is 35.7 Å². The van der Waals surface area contributed by atoms with Gasteiger partial charge in [0.05, 0.1) is 23.7 Å². The van der Waals surface area contributed by atoms with Crippen molar-refractivity contribution in [2.24, 2.45) is 5.73 Å². The van der Waals surface area contributed by atoms with Crippen LogP contribution in [0.15, 0.2) is 48.8 Å². The molecular formula is C23H23F4N5.